The normalized spacial score (nSPS) is 12.3. The number of nitrogens with one attached hydrogen (secondary N) is 1. The number of aromatic nitrogens is 2. The molecular formula is C16H14FN3O. The maximum absolute atomic E-state index is 13.1. The van der Waals surface area contributed by atoms with E-state index in [-0.39, 0.29) is 23.5 Å². The molecule has 0 fully saturated rings. The summed E-state index contributed by atoms with van der Waals surface area (Å²) < 4.78 is 14.6. The van der Waals surface area contributed by atoms with Crippen LogP contribution in [0.1, 0.15) is 29.0 Å². The number of carbonyl (C=O) groups is 1. The van der Waals surface area contributed by atoms with Crippen molar-refractivity contribution in [2.75, 3.05) is 0 Å². The number of pyridine rings is 1. The maximum Gasteiger partial charge on any atom is 0.271 e. The van der Waals surface area contributed by atoms with Gasteiger partial charge in [0.2, 0.25) is 0 Å². The third-order valence-corrected chi connectivity index (χ3v) is 3.29. The van der Waals surface area contributed by atoms with Crippen LogP contribution in [0, 0.1) is 5.82 Å². The van der Waals surface area contributed by atoms with Crippen LogP contribution in [0.4, 0.5) is 4.39 Å². The minimum Gasteiger partial charge on any atom is -0.344 e. The SMILES string of the molecule is CC(NC(=O)c1cn2cc(F)ccc2n1)c1ccccc1. The highest BCUT2D eigenvalue weighted by molar-refractivity contribution is 5.93. The molecule has 0 saturated carbocycles. The van der Waals surface area contributed by atoms with E-state index in [1.165, 1.54) is 28.9 Å². The molecule has 1 atom stereocenters. The molecule has 21 heavy (non-hydrogen) atoms. The van der Waals surface area contributed by atoms with Crippen LogP contribution in [0.5, 0.6) is 0 Å². The van der Waals surface area contributed by atoms with Crippen LogP contribution in [0.25, 0.3) is 5.65 Å². The summed E-state index contributed by atoms with van der Waals surface area (Å²) in [5.41, 5.74) is 1.82. The number of rotatable bonds is 3. The van der Waals surface area contributed by atoms with Crippen LogP contribution in [-0.2, 0) is 0 Å². The van der Waals surface area contributed by atoms with Gasteiger partial charge >= 0.3 is 0 Å². The number of nitrogens with zero attached hydrogens (tertiary/aromatic N) is 2. The Labute approximate surface area is 121 Å². The van der Waals surface area contributed by atoms with Gasteiger partial charge in [-0.1, -0.05) is 30.3 Å². The van der Waals surface area contributed by atoms with Crippen molar-refractivity contribution in [3.05, 3.63) is 71.9 Å². The minimum atomic E-state index is -0.371. The molecule has 1 unspecified atom stereocenters. The lowest BCUT2D eigenvalue weighted by molar-refractivity contribution is 0.0935. The number of fused-ring (bicyclic) bond motifs is 1. The van der Waals surface area contributed by atoms with E-state index in [0.717, 1.165) is 5.56 Å². The Kier molecular flexibility index (Phi) is 3.39. The quantitative estimate of drug-likeness (QED) is 0.803. The Hall–Kier alpha value is -2.69. The van der Waals surface area contributed by atoms with Gasteiger partial charge in [-0.2, -0.15) is 0 Å². The van der Waals surface area contributed by atoms with Gasteiger partial charge < -0.3 is 9.72 Å². The molecule has 3 rings (SSSR count). The zero-order chi connectivity index (χ0) is 14.8. The molecule has 2 aromatic heterocycles. The maximum atomic E-state index is 13.1. The van der Waals surface area contributed by atoms with Crippen LogP contribution in [0.2, 0.25) is 0 Å². The Morgan fingerprint density at radius 3 is 2.71 bits per heavy atom. The van der Waals surface area contributed by atoms with E-state index in [1.807, 2.05) is 37.3 Å². The van der Waals surface area contributed by atoms with E-state index < -0.39 is 0 Å². The van der Waals surface area contributed by atoms with Crippen LogP contribution in [0.15, 0.2) is 54.9 Å². The van der Waals surface area contributed by atoms with Gasteiger partial charge in [0.1, 0.15) is 17.2 Å². The number of hydrogen-bond donors (Lipinski definition) is 1. The first-order chi connectivity index (χ1) is 10.1. The molecule has 106 valence electrons. The highest BCUT2D eigenvalue weighted by Gasteiger charge is 2.14. The van der Waals surface area contributed by atoms with E-state index in [1.54, 1.807) is 0 Å². The number of halogens is 1. The first-order valence-electron chi connectivity index (χ1n) is 6.63. The molecule has 0 aliphatic rings. The summed E-state index contributed by atoms with van der Waals surface area (Å²) in [7, 11) is 0. The number of carbonyl (C=O) groups excluding carboxylic acids is 1. The fraction of sp³-hybridized carbons (Fsp3) is 0.125. The van der Waals surface area contributed by atoms with Crippen molar-refractivity contribution >= 4 is 11.6 Å². The van der Waals surface area contributed by atoms with Crippen LogP contribution >= 0.6 is 0 Å². The summed E-state index contributed by atoms with van der Waals surface area (Å²) in [6.07, 6.45) is 2.81. The Bertz CT molecular complexity index is 783. The van der Waals surface area contributed by atoms with Crippen molar-refractivity contribution in [1.82, 2.24) is 14.7 Å². The van der Waals surface area contributed by atoms with Crippen molar-refractivity contribution in [2.24, 2.45) is 0 Å². The third kappa shape index (κ3) is 2.76. The van der Waals surface area contributed by atoms with Crippen molar-refractivity contribution in [1.29, 1.82) is 0 Å². The zero-order valence-electron chi connectivity index (χ0n) is 11.5. The highest BCUT2D eigenvalue weighted by Crippen LogP contribution is 2.13. The number of amides is 1. The van der Waals surface area contributed by atoms with Gasteiger partial charge in [-0.3, -0.25) is 4.79 Å². The second-order valence-corrected chi connectivity index (χ2v) is 4.84. The Morgan fingerprint density at radius 1 is 1.19 bits per heavy atom. The summed E-state index contributed by atoms with van der Waals surface area (Å²) in [5, 5.41) is 2.88. The third-order valence-electron chi connectivity index (χ3n) is 3.29. The van der Waals surface area contributed by atoms with Gasteiger partial charge in [0, 0.05) is 12.4 Å². The molecular weight excluding hydrogens is 269 g/mol. The average Bonchev–Trinajstić information content (AvgIpc) is 2.91. The second-order valence-electron chi connectivity index (χ2n) is 4.84. The van der Waals surface area contributed by atoms with Crippen molar-refractivity contribution in [2.45, 2.75) is 13.0 Å². The highest BCUT2D eigenvalue weighted by atomic mass is 19.1. The van der Waals surface area contributed by atoms with Crippen molar-refractivity contribution < 1.29 is 9.18 Å². The van der Waals surface area contributed by atoms with Crippen molar-refractivity contribution in [3.8, 4) is 0 Å². The fourth-order valence-corrected chi connectivity index (χ4v) is 2.17. The molecule has 0 aliphatic heterocycles. The summed E-state index contributed by atoms with van der Waals surface area (Å²) in [6, 6.07) is 12.4. The number of benzene rings is 1. The molecule has 0 aliphatic carbocycles. The summed E-state index contributed by atoms with van der Waals surface area (Å²) in [6.45, 7) is 1.91. The lowest BCUT2D eigenvalue weighted by Crippen LogP contribution is -2.26. The predicted molar refractivity (Wildman–Crippen MR) is 77.5 cm³/mol. The molecule has 1 amide bonds. The smallest absolute Gasteiger partial charge is 0.271 e. The Balaban J connectivity index is 1.80. The van der Waals surface area contributed by atoms with E-state index in [0.29, 0.717) is 5.65 Å². The molecule has 0 spiro atoms. The van der Waals surface area contributed by atoms with E-state index in [9.17, 15) is 9.18 Å². The summed E-state index contributed by atoms with van der Waals surface area (Å²) in [5.74, 6) is -0.653. The molecule has 5 heteroatoms. The number of hydrogen-bond acceptors (Lipinski definition) is 2. The fourth-order valence-electron chi connectivity index (χ4n) is 2.17. The Morgan fingerprint density at radius 2 is 1.95 bits per heavy atom. The number of imidazole rings is 1. The standard InChI is InChI=1S/C16H14FN3O/c1-11(12-5-3-2-4-6-12)18-16(21)14-10-20-9-13(17)7-8-15(20)19-14/h2-11H,1H3,(H,18,21). The van der Waals surface area contributed by atoms with Gasteiger partial charge in [-0.05, 0) is 24.6 Å². The molecule has 0 saturated heterocycles. The van der Waals surface area contributed by atoms with Gasteiger partial charge in [-0.15, -0.1) is 0 Å². The van der Waals surface area contributed by atoms with Gasteiger partial charge in [0.05, 0.1) is 6.04 Å². The van der Waals surface area contributed by atoms with Gasteiger partial charge in [-0.25, -0.2) is 9.37 Å². The van der Waals surface area contributed by atoms with Crippen molar-refractivity contribution in [3.63, 3.8) is 0 Å². The molecule has 2 heterocycles. The zero-order valence-corrected chi connectivity index (χ0v) is 11.5. The lowest BCUT2D eigenvalue weighted by atomic mass is 10.1. The first kappa shape index (κ1) is 13.3. The van der Waals surface area contributed by atoms with Gasteiger partial charge in [0.15, 0.2) is 0 Å². The van der Waals surface area contributed by atoms with E-state index in [4.69, 9.17) is 0 Å². The average molecular weight is 283 g/mol. The minimum absolute atomic E-state index is 0.125. The molecule has 0 bridgehead atoms. The molecule has 0 radical (unpaired) electrons. The molecule has 1 aromatic carbocycles. The molecule has 3 aromatic rings. The van der Waals surface area contributed by atoms with Crippen LogP contribution in [-0.4, -0.2) is 15.3 Å². The largest absolute Gasteiger partial charge is 0.344 e. The topological polar surface area (TPSA) is 46.4 Å². The molecule has 1 N–H and O–H groups in total. The second kappa shape index (κ2) is 5.36. The van der Waals surface area contributed by atoms with E-state index >= 15 is 0 Å². The summed E-state index contributed by atoms with van der Waals surface area (Å²) in [4.78, 5) is 16.4. The summed E-state index contributed by atoms with van der Waals surface area (Å²) >= 11 is 0. The van der Waals surface area contributed by atoms with Crippen LogP contribution < -0.4 is 5.32 Å². The van der Waals surface area contributed by atoms with E-state index in [2.05, 4.69) is 10.3 Å². The predicted octanol–water partition coefficient (Wildman–Crippen LogP) is 2.96. The lowest BCUT2D eigenvalue weighted by Gasteiger charge is -2.12. The van der Waals surface area contributed by atoms with Gasteiger partial charge in [0.25, 0.3) is 5.91 Å². The molecule has 4 nitrogen and oxygen atoms in total. The first-order valence-corrected chi connectivity index (χ1v) is 6.63. The monoisotopic (exact) mass is 283 g/mol. The van der Waals surface area contributed by atoms with Crippen LogP contribution in [0.3, 0.4) is 0 Å².